The Hall–Kier alpha value is -1.95. The van der Waals surface area contributed by atoms with E-state index in [1.807, 2.05) is 24.8 Å². The van der Waals surface area contributed by atoms with Crippen molar-refractivity contribution in [3.05, 3.63) is 29.2 Å². The summed E-state index contributed by atoms with van der Waals surface area (Å²) in [4.78, 5) is 22.6. The molecule has 6 heteroatoms. The van der Waals surface area contributed by atoms with Gasteiger partial charge in [-0.1, -0.05) is 13.8 Å². The van der Waals surface area contributed by atoms with Gasteiger partial charge in [0.2, 0.25) is 0 Å². The molecule has 1 atom stereocenters. The molecule has 0 radical (unpaired) electrons. The molecule has 3 heterocycles. The summed E-state index contributed by atoms with van der Waals surface area (Å²) in [7, 11) is 0. The van der Waals surface area contributed by atoms with Crippen molar-refractivity contribution in [2.75, 3.05) is 26.2 Å². The molecule has 0 N–H and O–H groups in total. The second kappa shape index (κ2) is 7.23. The van der Waals surface area contributed by atoms with E-state index in [4.69, 9.17) is 0 Å². The topological polar surface area (TPSA) is 53.7 Å². The van der Waals surface area contributed by atoms with Crippen LogP contribution in [0.15, 0.2) is 12.3 Å². The minimum Gasteiger partial charge on any atom is -0.337 e. The molecule has 2 aromatic heterocycles. The summed E-state index contributed by atoms with van der Waals surface area (Å²) in [6.07, 6.45) is 5.47. The summed E-state index contributed by atoms with van der Waals surface area (Å²) in [6, 6.07) is 2.42. The van der Waals surface area contributed by atoms with E-state index in [-0.39, 0.29) is 5.91 Å². The van der Waals surface area contributed by atoms with Crippen molar-refractivity contribution in [3.63, 3.8) is 0 Å². The van der Waals surface area contributed by atoms with E-state index in [0.717, 1.165) is 43.4 Å². The number of hydrogen-bond donors (Lipinski definition) is 0. The third-order valence-electron chi connectivity index (χ3n) is 6.00. The number of hydrogen-bond acceptors (Lipinski definition) is 4. The summed E-state index contributed by atoms with van der Waals surface area (Å²) in [5, 5.41) is 4.41. The van der Waals surface area contributed by atoms with E-state index < -0.39 is 0 Å². The molecule has 1 aliphatic carbocycles. The molecule has 0 spiro atoms. The molecule has 1 aliphatic heterocycles. The molecule has 27 heavy (non-hydrogen) atoms. The van der Waals surface area contributed by atoms with E-state index in [1.165, 1.54) is 19.4 Å². The van der Waals surface area contributed by atoms with Gasteiger partial charge in [0.05, 0.1) is 6.20 Å². The summed E-state index contributed by atoms with van der Waals surface area (Å²) in [5.41, 5.74) is 3.22. The maximum Gasteiger partial charge on any atom is 0.259 e. The van der Waals surface area contributed by atoms with Crippen LogP contribution in [0.25, 0.3) is 5.65 Å². The van der Waals surface area contributed by atoms with Gasteiger partial charge >= 0.3 is 0 Å². The van der Waals surface area contributed by atoms with Crippen molar-refractivity contribution in [2.24, 2.45) is 11.8 Å². The first-order valence-electron chi connectivity index (χ1n) is 10.3. The Kier molecular flexibility index (Phi) is 4.93. The maximum absolute atomic E-state index is 13.4. The van der Waals surface area contributed by atoms with Crippen molar-refractivity contribution in [3.8, 4) is 0 Å². The zero-order valence-electron chi connectivity index (χ0n) is 17.0. The molecule has 1 saturated carbocycles. The van der Waals surface area contributed by atoms with Gasteiger partial charge in [-0.2, -0.15) is 5.10 Å². The summed E-state index contributed by atoms with van der Waals surface area (Å²) in [5.74, 6) is 1.48. The smallest absolute Gasteiger partial charge is 0.259 e. The number of aryl methyl sites for hydroxylation is 2. The summed E-state index contributed by atoms with van der Waals surface area (Å²) >= 11 is 0. The van der Waals surface area contributed by atoms with Crippen molar-refractivity contribution >= 4 is 11.6 Å². The van der Waals surface area contributed by atoms with Gasteiger partial charge in [-0.05, 0) is 51.0 Å². The lowest BCUT2D eigenvalue weighted by atomic mass is 10.0. The lowest BCUT2D eigenvalue weighted by molar-refractivity contribution is 0.0706. The van der Waals surface area contributed by atoms with E-state index in [1.54, 1.807) is 10.7 Å². The zero-order chi connectivity index (χ0) is 19.1. The average Bonchev–Trinajstić information content (AvgIpc) is 3.36. The molecule has 2 aromatic rings. The number of rotatable bonds is 4. The van der Waals surface area contributed by atoms with Crippen LogP contribution in [0.3, 0.4) is 0 Å². The van der Waals surface area contributed by atoms with E-state index in [9.17, 15) is 4.79 Å². The molecular weight excluding hydrogens is 338 g/mol. The second-order valence-electron chi connectivity index (χ2n) is 8.69. The number of nitrogens with zero attached hydrogens (tertiary/aromatic N) is 5. The van der Waals surface area contributed by atoms with Crippen LogP contribution in [-0.2, 0) is 0 Å². The fourth-order valence-corrected chi connectivity index (χ4v) is 4.33. The molecule has 1 saturated heterocycles. The van der Waals surface area contributed by atoms with Gasteiger partial charge in [0, 0.05) is 43.6 Å². The Balaban J connectivity index is 1.59. The summed E-state index contributed by atoms with van der Waals surface area (Å²) < 4.78 is 1.78. The Morgan fingerprint density at radius 2 is 2.04 bits per heavy atom. The second-order valence-corrected chi connectivity index (χ2v) is 8.69. The predicted molar refractivity (Wildman–Crippen MR) is 106 cm³/mol. The Bertz CT molecular complexity index is 838. The highest BCUT2D eigenvalue weighted by molar-refractivity contribution is 5.99. The van der Waals surface area contributed by atoms with Gasteiger partial charge in [0.25, 0.3) is 5.91 Å². The highest BCUT2D eigenvalue weighted by Gasteiger charge is 2.34. The number of fused-ring (bicyclic) bond motifs is 1. The third-order valence-corrected chi connectivity index (χ3v) is 6.00. The first-order chi connectivity index (χ1) is 12.9. The highest BCUT2D eigenvalue weighted by atomic mass is 16.2. The normalized spacial score (nSPS) is 21.8. The lowest BCUT2D eigenvalue weighted by Crippen LogP contribution is -2.46. The van der Waals surface area contributed by atoms with Crippen LogP contribution < -0.4 is 0 Å². The van der Waals surface area contributed by atoms with Crippen molar-refractivity contribution in [2.45, 2.75) is 53.0 Å². The van der Waals surface area contributed by atoms with Crippen LogP contribution in [0.5, 0.6) is 0 Å². The van der Waals surface area contributed by atoms with E-state index in [2.05, 4.69) is 28.8 Å². The van der Waals surface area contributed by atoms with Crippen LogP contribution in [0.4, 0.5) is 0 Å². The molecular formula is C21H31N5O. The van der Waals surface area contributed by atoms with Gasteiger partial charge in [-0.25, -0.2) is 9.50 Å². The highest BCUT2D eigenvalue weighted by Crippen LogP contribution is 2.32. The van der Waals surface area contributed by atoms with Gasteiger partial charge in [-0.15, -0.1) is 0 Å². The fourth-order valence-electron chi connectivity index (χ4n) is 4.33. The van der Waals surface area contributed by atoms with Gasteiger partial charge in [0.15, 0.2) is 5.65 Å². The van der Waals surface area contributed by atoms with Crippen LogP contribution in [0, 0.1) is 25.7 Å². The van der Waals surface area contributed by atoms with E-state index in [0.29, 0.717) is 23.2 Å². The van der Waals surface area contributed by atoms with Crippen molar-refractivity contribution < 1.29 is 4.79 Å². The van der Waals surface area contributed by atoms with Gasteiger partial charge in [-0.3, -0.25) is 9.69 Å². The maximum atomic E-state index is 13.4. The van der Waals surface area contributed by atoms with Gasteiger partial charge < -0.3 is 4.90 Å². The standard InChI is InChI=1S/C21H31N5O/c1-14(2)19-13-25(9-5-8-24(19)12-17-6-7-17)21(27)18-11-22-26-16(4)10-15(3)23-20(18)26/h10-11,14,17,19H,5-9,12-13H2,1-4H3/t19-/m0/s1. The number of aromatic nitrogens is 3. The minimum atomic E-state index is 0.0708. The van der Waals surface area contributed by atoms with Crippen LogP contribution in [0.2, 0.25) is 0 Å². The molecule has 2 fully saturated rings. The van der Waals surface area contributed by atoms with Crippen molar-refractivity contribution in [1.82, 2.24) is 24.4 Å². The minimum absolute atomic E-state index is 0.0708. The Labute approximate surface area is 161 Å². The van der Waals surface area contributed by atoms with Gasteiger partial charge in [0.1, 0.15) is 5.56 Å². The third kappa shape index (κ3) is 3.72. The molecule has 6 nitrogen and oxygen atoms in total. The number of carbonyl (C=O) groups excluding carboxylic acids is 1. The molecule has 0 aromatic carbocycles. The zero-order valence-corrected chi connectivity index (χ0v) is 17.0. The largest absolute Gasteiger partial charge is 0.337 e. The molecule has 146 valence electrons. The van der Waals surface area contributed by atoms with Crippen LogP contribution in [0.1, 0.15) is 54.9 Å². The fraction of sp³-hybridized carbons (Fsp3) is 0.667. The molecule has 2 aliphatic rings. The summed E-state index contributed by atoms with van der Waals surface area (Å²) in [6.45, 7) is 12.4. The SMILES string of the molecule is Cc1cc(C)n2ncc(C(=O)N3CCCN(CC4CC4)[C@H](C(C)C)C3)c2n1. The molecule has 4 rings (SSSR count). The number of amides is 1. The number of carbonyl (C=O) groups is 1. The average molecular weight is 370 g/mol. The molecule has 0 bridgehead atoms. The van der Waals surface area contributed by atoms with Crippen molar-refractivity contribution in [1.29, 1.82) is 0 Å². The molecule has 0 unspecified atom stereocenters. The monoisotopic (exact) mass is 369 g/mol. The molecule has 1 amide bonds. The first kappa shape index (κ1) is 18.4. The van der Waals surface area contributed by atoms with Crippen LogP contribution >= 0.6 is 0 Å². The van der Waals surface area contributed by atoms with E-state index >= 15 is 0 Å². The first-order valence-corrected chi connectivity index (χ1v) is 10.3. The quantitative estimate of drug-likeness (QED) is 0.831. The Morgan fingerprint density at radius 3 is 2.74 bits per heavy atom. The van der Waals surface area contributed by atoms with Crippen LogP contribution in [-0.4, -0.2) is 62.5 Å². The Morgan fingerprint density at radius 1 is 1.26 bits per heavy atom. The predicted octanol–water partition coefficient (Wildman–Crippen LogP) is 2.93. The lowest BCUT2D eigenvalue weighted by Gasteiger charge is -2.34.